The second-order valence-corrected chi connectivity index (χ2v) is 19.5. The van der Waals surface area contributed by atoms with Crippen LogP contribution in [0.4, 0.5) is 0 Å². The van der Waals surface area contributed by atoms with Crippen molar-refractivity contribution in [2.24, 2.45) is 16.2 Å². The van der Waals surface area contributed by atoms with Crippen LogP contribution in [0.25, 0.3) is 0 Å². The molecular weight excluding hydrogens is 840 g/mol. The van der Waals surface area contributed by atoms with Crippen molar-refractivity contribution in [3.63, 3.8) is 0 Å². The van der Waals surface area contributed by atoms with Crippen molar-refractivity contribution in [1.29, 1.82) is 0 Å². The molecule has 360 valence electrons. The molecule has 18 nitrogen and oxygen atoms in total. The first-order chi connectivity index (χ1) is 29.5. The van der Waals surface area contributed by atoms with Gasteiger partial charge in [-0.3, -0.25) is 19.2 Å². The molecule has 3 N–H and O–H groups in total. The molecule has 4 rings (SSSR count). The maximum absolute atomic E-state index is 13.7. The number of aliphatic hydroxyl groups is 3. The zero-order valence-corrected chi connectivity index (χ0v) is 39.1. The predicted octanol–water partition coefficient (Wildman–Crippen LogP) is 3.98. The number of carbonyl (C=O) groups excluding carboxylic acids is 6. The van der Waals surface area contributed by atoms with Crippen molar-refractivity contribution in [2.45, 2.75) is 187 Å². The number of methoxy groups -OCH3 is 2. The van der Waals surface area contributed by atoms with E-state index in [4.69, 9.17) is 42.6 Å². The minimum absolute atomic E-state index is 0.0481. The molecule has 4 aliphatic rings. The first-order valence-electron chi connectivity index (χ1n) is 21.7. The van der Waals surface area contributed by atoms with Gasteiger partial charge in [-0.05, 0) is 52.5 Å². The molecule has 64 heavy (non-hydrogen) atoms. The van der Waals surface area contributed by atoms with Crippen molar-refractivity contribution in [2.75, 3.05) is 14.2 Å². The van der Waals surface area contributed by atoms with Crippen LogP contribution in [-0.4, -0.2) is 132 Å². The van der Waals surface area contributed by atoms with E-state index < -0.39 is 125 Å². The average Bonchev–Trinajstić information content (AvgIpc) is 3.15. The van der Waals surface area contributed by atoms with Crippen molar-refractivity contribution < 1.29 is 86.7 Å². The number of carbonyl (C=O) groups is 6. The van der Waals surface area contributed by atoms with Crippen LogP contribution in [0.5, 0.6) is 0 Å². The topological polar surface area (TPSA) is 246 Å². The number of cyclic esters (lactones) is 1. The van der Waals surface area contributed by atoms with Crippen molar-refractivity contribution >= 4 is 35.8 Å². The van der Waals surface area contributed by atoms with Crippen LogP contribution in [0.15, 0.2) is 35.5 Å². The molecule has 3 saturated heterocycles. The van der Waals surface area contributed by atoms with Gasteiger partial charge >= 0.3 is 35.8 Å². The number of aliphatic hydroxyl groups excluding tert-OH is 1. The Morgan fingerprint density at radius 1 is 0.828 bits per heavy atom. The number of fused-ring (bicyclic) bond motifs is 6. The van der Waals surface area contributed by atoms with E-state index in [1.54, 1.807) is 60.6 Å². The van der Waals surface area contributed by atoms with Crippen molar-refractivity contribution in [1.82, 2.24) is 0 Å². The molecule has 0 aliphatic carbocycles. The Morgan fingerprint density at radius 2 is 1.47 bits per heavy atom. The highest BCUT2D eigenvalue weighted by molar-refractivity contribution is 5.83. The number of hydrogen-bond acceptors (Lipinski definition) is 18. The fraction of sp³-hybridized carbons (Fsp3) is 0.739. The van der Waals surface area contributed by atoms with E-state index in [9.17, 15) is 44.1 Å². The monoisotopic (exact) mass is 908 g/mol. The summed E-state index contributed by atoms with van der Waals surface area (Å²) in [5.74, 6) is -8.91. The van der Waals surface area contributed by atoms with Crippen LogP contribution in [-0.2, 0) is 71.4 Å². The normalized spacial score (nSPS) is 35.7. The summed E-state index contributed by atoms with van der Waals surface area (Å²) in [7, 11) is 2.39. The maximum Gasteiger partial charge on any atom is 0.330 e. The van der Waals surface area contributed by atoms with Gasteiger partial charge in [-0.2, -0.15) is 0 Å². The Balaban J connectivity index is 1.92. The Bertz CT molecular complexity index is 1840. The van der Waals surface area contributed by atoms with Gasteiger partial charge in [0.15, 0.2) is 11.9 Å². The van der Waals surface area contributed by atoms with Crippen LogP contribution < -0.4 is 0 Å². The Hall–Kier alpha value is -4.20. The van der Waals surface area contributed by atoms with Crippen LogP contribution in [0.1, 0.15) is 121 Å². The van der Waals surface area contributed by atoms with E-state index in [-0.39, 0.29) is 50.5 Å². The van der Waals surface area contributed by atoms with E-state index >= 15 is 0 Å². The van der Waals surface area contributed by atoms with Gasteiger partial charge in [0.05, 0.1) is 62.0 Å². The minimum Gasteiger partial charge on any atom is -0.466 e. The summed E-state index contributed by atoms with van der Waals surface area (Å²) in [5, 5.41) is 36.9. The van der Waals surface area contributed by atoms with Gasteiger partial charge in [0.1, 0.15) is 18.3 Å². The Kier molecular flexibility index (Phi) is 16.8. The van der Waals surface area contributed by atoms with E-state index in [0.717, 1.165) is 20.1 Å². The number of ether oxygens (including phenoxy) is 9. The second-order valence-electron chi connectivity index (χ2n) is 19.5. The molecule has 11 atom stereocenters. The lowest BCUT2D eigenvalue weighted by molar-refractivity contribution is -0.349. The fourth-order valence-corrected chi connectivity index (χ4v) is 8.54. The molecule has 0 spiro atoms. The van der Waals surface area contributed by atoms with Crippen molar-refractivity contribution in [3.05, 3.63) is 35.5 Å². The minimum atomic E-state index is -2.45. The number of esters is 6. The first-order valence-corrected chi connectivity index (χ1v) is 21.7. The summed E-state index contributed by atoms with van der Waals surface area (Å²) in [6.07, 6.45) is -5.33. The van der Waals surface area contributed by atoms with Gasteiger partial charge in [-0.25, -0.2) is 9.59 Å². The standard InChI is InChI=1S/C46H68O18/c1-25(58-26(2)47)35-22-32-18-29(19-38(51)57-12)40(59-27(3)48)46(55,64-32)43(7,8)14-13-31-15-28(17-37(50)56-11)16-34(60-31)24-45(54)44(9,10)36(62-41(53)42(4,5)6)23-33(63-45)20-30(49)21-39(52)61-35/h13-14,17,19,25,30-36,40,49,54-55H,15-16,18,20-24H2,1-12H3/b14-13+,28-17+,29-19+/t25-,30-,31+,32+,33-,34+,35-,36+,40+,45+,46-/m1/s1. The lowest BCUT2D eigenvalue weighted by Crippen LogP contribution is -2.62. The number of rotatable bonds is 6. The third kappa shape index (κ3) is 12.8. The van der Waals surface area contributed by atoms with Gasteiger partial charge in [0.25, 0.3) is 0 Å². The van der Waals surface area contributed by atoms with E-state index in [2.05, 4.69) is 0 Å². The van der Waals surface area contributed by atoms with Gasteiger partial charge in [-0.15, -0.1) is 0 Å². The summed E-state index contributed by atoms with van der Waals surface area (Å²) < 4.78 is 52.4. The zero-order chi connectivity index (χ0) is 48.2. The summed E-state index contributed by atoms with van der Waals surface area (Å²) in [6.45, 7) is 15.4. The third-order valence-corrected chi connectivity index (χ3v) is 12.4. The molecule has 0 radical (unpaired) electrons. The largest absolute Gasteiger partial charge is 0.466 e. The lowest BCUT2D eigenvalue weighted by Gasteiger charge is -2.54. The second kappa shape index (κ2) is 20.5. The lowest BCUT2D eigenvalue weighted by atomic mass is 9.70. The molecule has 3 fully saturated rings. The SMILES string of the molecule is COC(=O)/C=C1/C[C@H]2C[C@]3(O)O[C@H](C[C@@H](O)CC(=O)O[C@@H]([C@@H](C)OC(C)=O)C[C@@H]4C/C(=C\C(=O)OC)[C@H](OC(C)=O)[C@@](O)(O4)C(C)(C)/C=C/[C@@H](C1)O2)C[C@H](OC(=O)C(C)(C)C)C3(C)C. The summed E-state index contributed by atoms with van der Waals surface area (Å²) in [4.78, 5) is 77.2. The summed E-state index contributed by atoms with van der Waals surface area (Å²) in [5.41, 5.74) is -3.00. The van der Waals surface area contributed by atoms with Crippen molar-refractivity contribution in [3.8, 4) is 0 Å². The van der Waals surface area contributed by atoms with E-state index in [0.29, 0.717) is 5.57 Å². The predicted molar refractivity (Wildman–Crippen MR) is 224 cm³/mol. The molecule has 0 aromatic rings. The number of hydrogen-bond donors (Lipinski definition) is 3. The molecule has 18 heteroatoms. The Labute approximate surface area is 374 Å². The molecule has 0 aromatic heterocycles. The van der Waals surface area contributed by atoms with Gasteiger partial charge in [-0.1, -0.05) is 45.4 Å². The van der Waals surface area contributed by atoms with Crippen LogP contribution >= 0.6 is 0 Å². The van der Waals surface area contributed by atoms with Gasteiger partial charge < -0.3 is 58.0 Å². The molecule has 6 bridgehead atoms. The van der Waals surface area contributed by atoms with Crippen LogP contribution in [0.2, 0.25) is 0 Å². The molecule has 4 aliphatic heterocycles. The van der Waals surface area contributed by atoms with E-state index in [1.807, 2.05) is 0 Å². The molecule has 0 amide bonds. The quantitative estimate of drug-likeness (QED) is 0.148. The molecule has 0 saturated carbocycles. The fourth-order valence-electron chi connectivity index (χ4n) is 8.54. The Morgan fingerprint density at radius 3 is 2.06 bits per heavy atom. The molecule has 4 heterocycles. The van der Waals surface area contributed by atoms with E-state index in [1.165, 1.54) is 27.0 Å². The first kappa shape index (κ1) is 52.4. The van der Waals surface area contributed by atoms with Crippen LogP contribution in [0, 0.1) is 16.2 Å². The highest BCUT2D eigenvalue weighted by Gasteiger charge is 2.60. The maximum atomic E-state index is 13.7. The molecule has 0 aromatic carbocycles. The highest BCUT2D eigenvalue weighted by atomic mass is 16.7. The summed E-state index contributed by atoms with van der Waals surface area (Å²) >= 11 is 0. The zero-order valence-electron chi connectivity index (χ0n) is 39.1. The molecule has 0 unspecified atom stereocenters. The van der Waals surface area contributed by atoms with Crippen LogP contribution in [0.3, 0.4) is 0 Å². The highest BCUT2D eigenvalue weighted by Crippen LogP contribution is 2.50. The average molecular weight is 909 g/mol. The smallest absolute Gasteiger partial charge is 0.330 e. The van der Waals surface area contributed by atoms with Gasteiger partial charge in [0.2, 0.25) is 5.79 Å². The molecular formula is C46H68O18. The summed E-state index contributed by atoms with van der Waals surface area (Å²) in [6, 6.07) is 0. The third-order valence-electron chi connectivity index (χ3n) is 12.4. The van der Waals surface area contributed by atoms with Gasteiger partial charge in [0, 0.05) is 57.1 Å².